The van der Waals surface area contributed by atoms with E-state index in [1.165, 1.54) is 12.3 Å². The molecule has 0 saturated carbocycles. The van der Waals surface area contributed by atoms with Gasteiger partial charge < -0.3 is 5.11 Å². The maximum absolute atomic E-state index is 10.3. The summed E-state index contributed by atoms with van der Waals surface area (Å²) in [4.78, 5) is 17.7. The van der Waals surface area contributed by atoms with Gasteiger partial charge in [-0.1, -0.05) is 0 Å². The SMILES string of the molecule is Cc1nccc(C(=O)O)n1.[Rh]. The molecule has 0 fully saturated rings. The van der Waals surface area contributed by atoms with Crippen molar-refractivity contribution in [1.82, 2.24) is 9.97 Å². The summed E-state index contributed by atoms with van der Waals surface area (Å²) in [5.41, 5.74) is 0.0347. The number of carboxylic acid groups (broad SMARTS) is 1. The molecule has 0 aliphatic rings. The molecule has 4 nitrogen and oxygen atoms in total. The molecule has 1 N–H and O–H groups in total. The van der Waals surface area contributed by atoms with Crippen LogP contribution in [-0.2, 0) is 19.5 Å². The first-order valence-electron chi connectivity index (χ1n) is 2.73. The Bertz CT molecular complexity index is 265. The Morgan fingerprint density at radius 1 is 1.64 bits per heavy atom. The molecule has 0 aliphatic heterocycles. The van der Waals surface area contributed by atoms with Gasteiger partial charge in [-0.25, -0.2) is 14.8 Å². The van der Waals surface area contributed by atoms with Gasteiger partial charge in [0.25, 0.3) is 0 Å². The Morgan fingerprint density at radius 3 is 2.64 bits per heavy atom. The van der Waals surface area contributed by atoms with E-state index in [1.807, 2.05) is 0 Å². The van der Waals surface area contributed by atoms with Crippen LogP contribution >= 0.6 is 0 Å². The van der Waals surface area contributed by atoms with Crippen LogP contribution in [0.2, 0.25) is 0 Å². The van der Waals surface area contributed by atoms with Gasteiger partial charge in [0.15, 0.2) is 5.69 Å². The van der Waals surface area contributed by atoms with Crippen molar-refractivity contribution in [1.29, 1.82) is 0 Å². The van der Waals surface area contributed by atoms with Crippen LogP contribution in [0.3, 0.4) is 0 Å². The average Bonchev–Trinajstić information content (AvgIpc) is 1.88. The van der Waals surface area contributed by atoms with E-state index >= 15 is 0 Å². The minimum Gasteiger partial charge on any atom is -0.477 e. The van der Waals surface area contributed by atoms with E-state index in [-0.39, 0.29) is 25.2 Å². The van der Waals surface area contributed by atoms with Gasteiger partial charge in [0.1, 0.15) is 5.82 Å². The fourth-order valence-corrected chi connectivity index (χ4v) is 0.575. The van der Waals surface area contributed by atoms with E-state index in [4.69, 9.17) is 5.11 Å². The third-order valence-electron chi connectivity index (χ3n) is 0.995. The summed E-state index contributed by atoms with van der Waals surface area (Å²) in [6.45, 7) is 1.65. The van der Waals surface area contributed by atoms with Gasteiger partial charge in [0, 0.05) is 25.7 Å². The van der Waals surface area contributed by atoms with Crippen molar-refractivity contribution in [3.8, 4) is 0 Å². The Kier molecular flexibility index (Phi) is 3.82. The molecule has 0 spiro atoms. The van der Waals surface area contributed by atoms with Gasteiger partial charge in [-0.3, -0.25) is 0 Å². The number of hydrogen-bond acceptors (Lipinski definition) is 3. The summed E-state index contributed by atoms with van der Waals surface area (Å²) in [5.74, 6) is -0.551. The summed E-state index contributed by atoms with van der Waals surface area (Å²) in [7, 11) is 0. The van der Waals surface area contributed by atoms with E-state index in [9.17, 15) is 4.79 Å². The summed E-state index contributed by atoms with van der Waals surface area (Å²) in [6, 6.07) is 1.36. The van der Waals surface area contributed by atoms with E-state index < -0.39 is 5.97 Å². The molecule has 11 heavy (non-hydrogen) atoms. The zero-order valence-electron chi connectivity index (χ0n) is 5.74. The number of rotatable bonds is 1. The van der Waals surface area contributed by atoms with Crippen molar-refractivity contribution in [2.24, 2.45) is 0 Å². The smallest absolute Gasteiger partial charge is 0.354 e. The van der Waals surface area contributed by atoms with Crippen LogP contribution in [0.5, 0.6) is 0 Å². The number of aromatic nitrogens is 2. The molecule has 0 aliphatic carbocycles. The molecule has 61 valence electrons. The second-order valence-electron chi connectivity index (χ2n) is 1.79. The third-order valence-corrected chi connectivity index (χ3v) is 0.995. The summed E-state index contributed by atoms with van der Waals surface area (Å²) >= 11 is 0. The van der Waals surface area contributed by atoms with E-state index in [0.717, 1.165) is 0 Å². The maximum Gasteiger partial charge on any atom is 0.354 e. The summed E-state index contributed by atoms with van der Waals surface area (Å²) < 4.78 is 0. The third kappa shape index (κ3) is 2.72. The standard InChI is InChI=1S/C6H6N2O2.Rh/c1-4-7-3-2-5(8-4)6(9)10;/h2-3H,1H3,(H,9,10);. The molecule has 1 radical (unpaired) electrons. The predicted molar refractivity (Wildman–Crippen MR) is 33.7 cm³/mol. The molecule has 0 unspecified atom stereocenters. The first-order valence-corrected chi connectivity index (χ1v) is 2.73. The van der Waals surface area contributed by atoms with Crippen molar-refractivity contribution < 1.29 is 29.4 Å². The van der Waals surface area contributed by atoms with Crippen LogP contribution in [0.1, 0.15) is 16.3 Å². The molecule has 0 atom stereocenters. The molecular weight excluding hydrogens is 235 g/mol. The molecule has 5 heteroatoms. The number of carbonyl (C=O) groups is 1. The number of aryl methyl sites for hydroxylation is 1. The zero-order chi connectivity index (χ0) is 7.56. The summed E-state index contributed by atoms with van der Waals surface area (Å²) in [6.07, 6.45) is 1.42. The summed E-state index contributed by atoms with van der Waals surface area (Å²) in [5, 5.41) is 8.42. The van der Waals surface area contributed by atoms with Gasteiger partial charge >= 0.3 is 5.97 Å². The molecule has 1 aromatic heterocycles. The minimum absolute atomic E-state index is 0. The molecular formula is C6H6N2O2Rh. The normalized spacial score (nSPS) is 8.45. The molecule has 0 aromatic carbocycles. The van der Waals surface area contributed by atoms with Crippen molar-refractivity contribution in [3.05, 3.63) is 23.8 Å². The van der Waals surface area contributed by atoms with Crippen LogP contribution in [0.15, 0.2) is 12.3 Å². The first-order chi connectivity index (χ1) is 4.70. The monoisotopic (exact) mass is 241 g/mol. The van der Waals surface area contributed by atoms with Gasteiger partial charge in [-0.2, -0.15) is 0 Å². The molecule has 0 bridgehead atoms. The van der Waals surface area contributed by atoms with Gasteiger partial charge in [0.05, 0.1) is 0 Å². The second kappa shape index (κ2) is 4.14. The Hall–Kier alpha value is -0.827. The Labute approximate surface area is 76.4 Å². The topological polar surface area (TPSA) is 63.1 Å². The molecule has 0 saturated heterocycles. The van der Waals surface area contributed by atoms with Crippen LogP contribution in [-0.4, -0.2) is 21.0 Å². The average molecular weight is 241 g/mol. The largest absolute Gasteiger partial charge is 0.477 e. The zero-order valence-corrected chi connectivity index (χ0v) is 7.38. The van der Waals surface area contributed by atoms with E-state index in [1.54, 1.807) is 6.92 Å². The van der Waals surface area contributed by atoms with E-state index in [0.29, 0.717) is 5.82 Å². The van der Waals surface area contributed by atoms with Gasteiger partial charge in [-0.05, 0) is 13.0 Å². The number of aromatic carboxylic acids is 1. The predicted octanol–water partition coefficient (Wildman–Crippen LogP) is 0.481. The maximum atomic E-state index is 10.3. The van der Waals surface area contributed by atoms with Crippen molar-refractivity contribution in [2.75, 3.05) is 0 Å². The molecule has 1 heterocycles. The quantitative estimate of drug-likeness (QED) is 0.726. The van der Waals surface area contributed by atoms with E-state index in [2.05, 4.69) is 9.97 Å². The number of carboxylic acids is 1. The van der Waals surface area contributed by atoms with Crippen molar-refractivity contribution in [2.45, 2.75) is 6.92 Å². The Balaban J connectivity index is 0.000001000. The Morgan fingerprint density at radius 2 is 2.27 bits per heavy atom. The number of hydrogen-bond donors (Lipinski definition) is 1. The number of nitrogens with zero attached hydrogens (tertiary/aromatic N) is 2. The van der Waals surface area contributed by atoms with Crippen LogP contribution < -0.4 is 0 Å². The minimum atomic E-state index is -1.02. The second-order valence-corrected chi connectivity index (χ2v) is 1.79. The van der Waals surface area contributed by atoms with Crippen LogP contribution in [0.4, 0.5) is 0 Å². The molecule has 0 amide bonds. The van der Waals surface area contributed by atoms with Crippen LogP contribution in [0, 0.1) is 6.92 Å². The first kappa shape index (κ1) is 10.2. The molecule has 1 rings (SSSR count). The van der Waals surface area contributed by atoms with Gasteiger partial charge in [0.2, 0.25) is 0 Å². The molecule has 1 aromatic rings. The fourth-order valence-electron chi connectivity index (χ4n) is 0.575. The van der Waals surface area contributed by atoms with Crippen molar-refractivity contribution >= 4 is 5.97 Å². The fraction of sp³-hybridized carbons (Fsp3) is 0.167. The van der Waals surface area contributed by atoms with Gasteiger partial charge in [-0.15, -0.1) is 0 Å². The van der Waals surface area contributed by atoms with Crippen molar-refractivity contribution in [3.63, 3.8) is 0 Å². The van der Waals surface area contributed by atoms with Crippen LogP contribution in [0.25, 0.3) is 0 Å².